The Balaban J connectivity index is 3.09. The molecule has 1 rings (SSSR count). The first-order valence-electron chi connectivity index (χ1n) is 2.60. The summed E-state index contributed by atoms with van der Waals surface area (Å²) in [6.07, 6.45) is 1.25. The molecular weight excluding hydrogens is 219 g/mol. The van der Waals surface area contributed by atoms with Crippen LogP contribution in [-0.4, -0.2) is 15.4 Å². The van der Waals surface area contributed by atoms with Crippen LogP contribution in [0.25, 0.3) is 0 Å². The summed E-state index contributed by atoms with van der Waals surface area (Å²) in [7, 11) is 0. The van der Waals surface area contributed by atoms with E-state index in [0.29, 0.717) is 4.47 Å². The zero-order valence-electron chi connectivity index (χ0n) is 5.20. The van der Waals surface area contributed by atoms with Gasteiger partial charge in [0.2, 0.25) is 5.82 Å². The van der Waals surface area contributed by atoms with E-state index >= 15 is 0 Å². The lowest BCUT2D eigenvalue weighted by molar-refractivity contribution is 0.0247. The van der Waals surface area contributed by atoms with E-state index in [2.05, 4.69) is 20.9 Å². The first kappa shape index (κ1) is 8.38. The summed E-state index contributed by atoms with van der Waals surface area (Å²) in [5.74, 6) is -1.35. The van der Waals surface area contributed by atoms with Crippen LogP contribution < -0.4 is 5.23 Å². The summed E-state index contributed by atoms with van der Waals surface area (Å²) in [5.41, 5.74) is 0. The minimum atomic E-state index is -0.815. The number of rotatable bonds is 1. The van der Waals surface area contributed by atoms with Gasteiger partial charge in [0.1, 0.15) is 0 Å². The molecule has 0 aliphatic rings. The molecule has 0 amide bonds. The second-order valence-corrected chi connectivity index (χ2v) is 2.66. The van der Waals surface area contributed by atoms with Gasteiger partial charge in [-0.3, -0.25) is 10.4 Å². The molecule has 0 aromatic carbocycles. The van der Waals surface area contributed by atoms with Crippen molar-refractivity contribution < 1.29 is 14.8 Å². The van der Waals surface area contributed by atoms with Crippen molar-refractivity contribution in [3.05, 3.63) is 22.6 Å². The number of aromatic nitrogens is 1. The predicted molar refractivity (Wildman–Crippen MR) is 37.9 cm³/mol. The highest BCUT2D eigenvalue weighted by Gasteiger charge is 2.08. The molecule has 0 saturated heterocycles. The molecule has 0 fully saturated rings. The predicted octanol–water partition coefficient (Wildman–Crippen LogP) is 1.57. The van der Waals surface area contributed by atoms with Crippen molar-refractivity contribution >= 4 is 21.7 Å². The number of pyridine rings is 1. The molecule has 0 saturated carbocycles. The van der Waals surface area contributed by atoms with Crippen molar-refractivity contribution in [1.29, 1.82) is 0 Å². The average molecular weight is 223 g/mol. The molecule has 0 aliphatic heterocycles. The lowest BCUT2D eigenvalue weighted by atomic mass is 10.4. The number of anilines is 1. The second kappa shape index (κ2) is 3.12. The van der Waals surface area contributed by atoms with Crippen LogP contribution in [0.5, 0.6) is 0 Å². The SMILES string of the molecule is ON(O)c1ncc(Br)cc1F. The maximum absolute atomic E-state index is 12.6. The number of halogens is 2. The van der Waals surface area contributed by atoms with Crippen molar-refractivity contribution in [2.24, 2.45) is 0 Å². The fourth-order valence-corrected chi connectivity index (χ4v) is 0.858. The van der Waals surface area contributed by atoms with E-state index in [0.717, 1.165) is 6.07 Å². The van der Waals surface area contributed by atoms with Gasteiger partial charge in [0.05, 0.1) is 0 Å². The molecule has 0 aliphatic carbocycles. The number of hydrogen-bond acceptors (Lipinski definition) is 4. The Bertz CT molecular complexity index is 269. The molecule has 0 bridgehead atoms. The molecule has 4 nitrogen and oxygen atoms in total. The highest BCUT2D eigenvalue weighted by atomic mass is 79.9. The summed E-state index contributed by atoms with van der Waals surface area (Å²) in [4.78, 5) is 3.38. The van der Waals surface area contributed by atoms with Gasteiger partial charge in [-0.1, -0.05) is 0 Å². The molecule has 0 radical (unpaired) electrons. The lowest BCUT2D eigenvalue weighted by Gasteiger charge is -2.06. The summed E-state index contributed by atoms with van der Waals surface area (Å²) < 4.78 is 13.1. The molecule has 6 heteroatoms. The van der Waals surface area contributed by atoms with Gasteiger partial charge in [-0.05, 0) is 22.0 Å². The van der Waals surface area contributed by atoms with Crippen LogP contribution in [0.1, 0.15) is 0 Å². The van der Waals surface area contributed by atoms with Gasteiger partial charge in [-0.15, -0.1) is 5.23 Å². The van der Waals surface area contributed by atoms with Gasteiger partial charge in [0.25, 0.3) is 0 Å². The summed E-state index contributed by atoms with van der Waals surface area (Å²) in [6.45, 7) is 0. The van der Waals surface area contributed by atoms with Crippen molar-refractivity contribution in [2.45, 2.75) is 0 Å². The normalized spacial score (nSPS) is 9.82. The monoisotopic (exact) mass is 222 g/mol. The van der Waals surface area contributed by atoms with Gasteiger partial charge >= 0.3 is 0 Å². The highest BCUT2D eigenvalue weighted by molar-refractivity contribution is 9.10. The Kier molecular flexibility index (Phi) is 2.38. The lowest BCUT2D eigenvalue weighted by Crippen LogP contribution is -2.14. The third-order valence-electron chi connectivity index (χ3n) is 0.978. The minimum Gasteiger partial charge on any atom is -0.262 e. The van der Waals surface area contributed by atoms with Crippen LogP contribution in [0.4, 0.5) is 10.2 Å². The Morgan fingerprint density at radius 1 is 1.55 bits per heavy atom. The Hall–Kier alpha value is -0.720. The zero-order valence-corrected chi connectivity index (χ0v) is 6.79. The maximum Gasteiger partial charge on any atom is 0.219 e. The van der Waals surface area contributed by atoms with E-state index in [9.17, 15) is 4.39 Å². The molecule has 11 heavy (non-hydrogen) atoms. The molecule has 0 spiro atoms. The van der Waals surface area contributed by atoms with Gasteiger partial charge in [-0.25, -0.2) is 9.37 Å². The zero-order chi connectivity index (χ0) is 8.43. The first-order chi connectivity index (χ1) is 5.11. The standard InChI is InChI=1S/C5H4BrFN2O2/c6-3-1-4(7)5(8-2-3)9(10)11/h1-2,10-11H. The van der Waals surface area contributed by atoms with Crippen molar-refractivity contribution in [3.63, 3.8) is 0 Å². The fraction of sp³-hybridized carbons (Fsp3) is 0. The van der Waals surface area contributed by atoms with Crippen LogP contribution in [0.3, 0.4) is 0 Å². The third-order valence-corrected chi connectivity index (χ3v) is 1.41. The molecule has 60 valence electrons. The third kappa shape index (κ3) is 1.86. The van der Waals surface area contributed by atoms with Crippen LogP contribution in [0.15, 0.2) is 16.7 Å². The molecule has 2 N–H and O–H groups in total. The van der Waals surface area contributed by atoms with Gasteiger partial charge in [0.15, 0.2) is 5.82 Å². The van der Waals surface area contributed by atoms with E-state index < -0.39 is 11.6 Å². The molecule has 1 aromatic rings. The fourth-order valence-electron chi connectivity index (χ4n) is 0.555. The van der Waals surface area contributed by atoms with E-state index in [1.807, 2.05) is 0 Å². The number of nitrogens with zero attached hydrogens (tertiary/aromatic N) is 2. The van der Waals surface area contributed by atoms with Crippen molar-refractivity contribution in [3.8, 4) is 0 Å². The van der Waals surface area contributed by atoms with E-state index in [4.69, 9.17) is 10.4 Å². The van der Waals surface area contributed by atoms with Gasteiger partial charge in [-0.2, -0.15) is 0 Å². The quantitative estimate of drug-likeness (QED) is 0.709. The van der Waals surface area contributed by atoms with Gasteiger partial charge < -0.3 is 0 Å². The average Bonchev–Trinajstić information content (AvgIpc) is 1.85. The minimum absolute atomic E-state index is 0.373. The highest BCUT2D eigenvalue weighted by Crippen LogP contribution is 2.17. The Morgan fingerprint density at radius 2 is 2.18 bits per heavy atom. The Morgan fingerprint density at radius 3 is 2.64 bits per heavy atom. The van der Waals surface area contributed by atoms with Gasteiger partial charge in [0, 0.05) is 10.7 Å². The topological polar surface area (TPSA) is 56.6 Å². The molecule has 1 heterocycles. The maximum atomic E-state index is 12.6. The molecular formula is C5H4BrFN2O2. The second-order valence-electron chi connectivity index (χ2n) is 1.75. The summed E-state index contributed by atoms with van der Waals surface area (Å²) >= 11 is 2.96. The first-order valence-corrected chi connectivity index (χ1v) is 3.39. The summed E-state index contributed by atoms with van der Waals surface area (Å²) in [5, 5.41) is 16.4. The van der Waals surface area contributed by atoms with Crippen LogP contribution in [0.2, 0.25) is 0 Å². The van der Waals surface area contributed by atoms with Crippen molar-refractivity contribution in [1.82, 2.24) is 4.98 Å². The smallest absolute Gasteiger partial charge is 0.219 e. The van der Waals surface area contributed by atoms with Crippen LogP contribution in [-0.2, 0) is 0 Å². The Labute approximate surface area is 69.9 Å². The van der Waals surface area contributed by atoms with Crippen molar-refractivity contribution in [2.75, 3.05) is 5.23 Å². The van der Waals surface area contributed by atoms with E-state index in [1.165, 1.54) is 6.20 Å². The molecule has 1 aromatic heterocycles. The summed E-state index contributed by atoms with van der Waals surface area (Å²) in [6, 6.07) is 1.07. The largest absolute Gasteiger partial charge is 0.262 e. The molecule has 0 unspecified atom stereocenters. The van der Waals surface area contributed by atoms with Crippen LogP contribution in [0, 0.1) is 5.82 Å². The van der Waals surface area contributed by atoms with E-state index in [1.54, 1.807) is 0 Å². The van der Waals surface area contributed by atoms with Crippen LogP contribution >= 0.6 is 15.9 Å². The van der Waals surface area contributed by atoms with E-state index in [-0.39, 0.29) is 5.23 Å². The number of hydrogen-bond donors (Lipinski definition) is 2. The molecule has 0 atom stereocenters.